The van der Waals surface area contributed by atoms with Crippen LogP contribution in [0.4, 0.5) is 11.4 Å². The van der Waals surface area contributed by atoms with Gasteiger partial charge in [-0.15, -0.1) is 0 Å². The monoisotopic (exact) mass is 379 g/mol. The summed E-state index contributed by atoms with van der Waals surface area (Å²) in [6.45, 7) is 5.17. The molecule has 0 atom stereocenters. The van der Waals surface area contributed by atoms with Gasteiger partial charge in [-0.1, -0.05) is 17.7 Å². The van der Waals surface area contributed by atoms with E-state index in [4.69, 9.17) is 4.74 Å². The van der Waals surface area contributed by atoms with E-state index in [1.165, 1.54) is 11.3 Å². The summed E-state index contributed by atoms with van der Waals surface area (Å²) < 4.78 is 5.72. The van der Waals surface area contributed by atoms with Gasteiger partial charge in [-0.25, -0.2) is 0 Å². The van der Waals surface area contributed by atoms with Crippen LogP contribution in [0.15, 0.2) is 42.5 Å². The van der Waals surface area contributed by atoms with Crippen molar-refractivity contribution in [3.8, 4) is 5.75 Å². The lowest BCUT2D eigenvalue weighted by Crippen LogP contribution is -2.50. The number of carbonyl (C=O) groups is 2. The Morgan fingerprint density at radius 2 is 1.79 bits per heavy atom. The zero-order chi connectivity index (χ0) is 19.5. The molecule has 2 aromatic rings. The van der Waals surface area contributed by atoms with Gasteiger partial charge in [-0.05, 0) is 49.2 Å². The molecule has 2 aromatic carbocycles. The van der Waals surface area contributed by atoms with Crippen molar-refractivity contribution in [1.29, 1.82) is 0 Å². The third kappa shape index (κ3) is 4.11. The molecule has 2 aliphatic rings. The van der Waals surface area contributed by atoms with E-state index in [2.05, 4.69) is 41.4 Å². The molecule has 0 bridgehead atoms. The highest BCUT2D eigenvalue weighted by Crippen LogP contribution is 2.27. The second kappa shape index (κ2) is 7.92. The first kappa shape index (κ1) is 18.3. The Morgan fingerprint density at radius 3 is 2.54 bits per heavy atom. The first-order chi connectivity index (χ1) is 13.6. The summed E-state index contributed by atoms with van der Waals surface area (Å²) in [4.78, 5) is 28.1. The Bertz CT molecular complexity index is 871. The van der Waals surface area contributed by atoms with Crippen molar-refractivity contribution in [3.63, 3.8) is 0 Å². The van der Waals surface area contributed by atoms with E-state index >= 15 is 0 Å². The van der Waals surface area contributed by atoms with Crippen LogP contribution in [0.2, 0.25) is 0 Å². The van der Waals surface area contributed by atoms with Gasteiger partial charge in [-0.3, -0.25) is 9.59 Å². The van der Waals surface area contributed by atoms with E-state index in [9.17, 15) is 9.59 Å². The SMILES string of the molecule is Cc1ccc(N2CCN(C(=O)COc3ccc4c(c3)CCC(=O)N4)CC2)cc1. The van der Waals surface area contributed by atoms with Crippen molar-refractivity contribution in [2.45, 2.75) is 19.8 Å². The van der Waals surface area contributed by atoms with Crippen LogP contribution in [0.25, 0.3) is 0 Å². The predicted molar refractivity (Wildman–Crippen MR) is 109 cm³/mol. The van der Waals surface area contributed by atoms with Gasteiger partial charge in [-0.2, -0.15) is 0 Å². The Morgan fingerprint density at radius 1 is 1.04 bits per heavy atom. The molecule has 6 nitrogen and oxygen atoms in total. The number of rotatable bonds is 4. The molecule has 0 aliphatic carbocycles. The van der Waals surface area contributed by atoms with Crippen LogP contribution in [0, 0.1) is 6.92 Å². The fourth-order valence-corrected chi connectivity index (χ4v) is 3.66. The van der Waals surface area contributed by atoms with Crippen molar-refractivity contribution in [2.24, 2.45) is 0 Å². The third-order valence-corrected chi connectivity index (χ3v) is 5.37. The van der Waals surface area contributed by atoms with Crippen LogP contribution in [-0.2, 0) is 16.0 Å². The first-order valence-corrected chi connectivity index (χ1v) is 9.73. The molecular weight excluding hydrogens is 354 g/mol. The van der Waals surface area contributed by atoms with Gasteiger partial charge < -0.3 is 19.9 Å². The lowest BCUT2D eigenvalue weighted by molar-refractivity contribution is -0.133. The smallest absolute Gasteiger partial charge is 0.260 e. The highest BCUT2D eigenvalue weighted by atomic mass is 16.5. The number of benzene rings is 2. The molecule has 2 heterocycles. The van der Waals surface area contributed by atoms with Gasteiger partial charge in [0.2, 0.25) is 5.91 Å². The normalized spacial score (nSPS) is 16.4. The maximum atomic E-state index is 12.5. The van der Waals surface area contributed by atoms with Gasteiger partial charge in [0, 0.05) is 44.0 Å². The number of piperazine rings is 1. The number of amides is 2. The molecule has 0 radical (unpaired) electrons. The van der Waals surface area contributed by atoms with Crippen molar-refractivity contribution >= 4 is 23.2 Å². The quantitative estimate of drug-likeness (QED) is 0.887. The number of hydrogen-bond acceptors (Lipinski definition) is 4. The maximum Gasteiger partial charge on any atom is 0.260 e. The summed E-state index contributed by atoms with van der Waals surface area (Å²) in [7, 11) is 0. The fourth-order valence-electron chi connectivity index (χ4n) is 3.66. The van der Waals surface area contributed by atoms with Crippen LogP contribution in [0.5, 0.6) is 5.75 Å². The number of nitrogens with zero attached hydrogens (tertiary/aromatic N) is 2. The minimum absolute atomic E-state index is 0.00887. The topological polar surface area (TPSA) is 61.9 Å². The second-order valence-electron chi connectivity index (χ2n) is 7.36. The lowest BCUT2D eigenvalue weighted by Gasteiger charge is -2.36. The Labute approximate surface area is 165 Å². The molecule has 0 spiro atoms. The molecule has 2 aliphatic heterocycles. The van der Waals surface area contributed by atoms with Gasteiger partial charge in [0.05, 0.1) is 0 Å². The zero-order valence-electron chi connectivity index (χ0n) is 16.1. The van der Waals surface area contributed by atoms with E-state index in [-0.39, 0.29) is 18.4 Å². The molecule has 1 fully saturated rings. The van der Waals surface area contributed by atoms with Crippen molar-refractivity contribution in [3.05, 3.63) is 53.6 Å². The number of anilines is 2. The van der Waals surface area contributed by atoms with Gasteiger partial charge in [0.1, 0.15) is 5.75 Å². The number of carbonyl (C=O) groups excluding carboxylic acids is 2. The standard InChI is InChI=1S/C22H25N3O3/c1-16-2-5-18(6-3-16)24-10-12-25(13-11-24)22(27)15-28-19-7-8-20-17(14-19)4-9-21(26)23-20/h2-3,5-8,14H,4,9-13,15H2,1H3,(H,23,26). The van der Waals surface area contributed by atoms with Crippen LogP contribution in [0.1, 0.15) is 17.5 Å². The molecule has 1 N–H and O–H groups in total. The number of hydrogen-bond donors (Lipinski definition) is 1. The molecular formula is C22H25N3O3. The molecule has 0 unspecified atom stereocenters. The zero-order valence-corrected chi connectivity index (χ0v) is 16.1. The van der Waals surface area contributed by atoms with E-state index in [1.807, 2.05) is 17.0 Å². The third-order valence-electron chi connectivity index (χ3n) is 5.37. The van der Waals surface area contributed by atoms with Crippen LogP contribution in [0.3, 0.4) is 0 Å². The Hall–Kier alpha value is -3.02. The largest absolute Gasteiger partial charge is 0.484 e. The van der Waals surface area contributed by atoms with Crippen LogP contribution in [-0.4, -0.2) is 49.5 Å². The average Bonchev–Trinajstić information content (AvgIpc) is 2.72. The average molecular weight is 379 g/mol. The summed E-state index contributed by atoms with van der Waals surface area (Å²) in [6, 6.07) is 14.1. The van der Waals surface area contributed by atoms with E-state index in [0.29, 0.717) is 31.7 Å². The lowest BCUT2D eigenvalue weighted by atomic mass is 10.0. The molecule has 28 heavy (non-hydrogen) atoms. The summed E-state index contributed by atoms with van der Waals surface area (Å²) in [5.74, 6) is 0.720. The molecule has 2 amide bonds. The number of ether oxygens (including phenoxy) is 1. The van der Waals surface area contributed by atoms with Gasteiger partial charge >= 0.3 is 0 Å². The molecule has 6 heteroatoms. The number of aryl methyl sites for hydroxylation is 2. The van der Waals surface area contributed by atoms with Crippen molar-refractivity contribution < 1.29 is 14.3 Å². The number of nitrogens with one attached hydrogen (secondary N) is 1. The Balaban J connectivity index is 1.28. The summed E-state index contributed by atoms with van der Waals surface area (Å²) in [5.41, 5.74) is 4.34. The first-order valence-electron chi connectivity index (χ1n) is 9.73. The van der Waals surface area contributed by atoms with Gasteiger partial charge in [0.25, 0.3) is 5.91 Å². The highest BCUT2D eigenvalue weighted by Gasteiger charge is 2.22. The van der Waals surface area contributed by atoms with Gasteiger partial charge in [0.15, 0.2) is 6.61 Å². The number of fused-ring (bicyclic) bond motifs is 1. The molecule has 4 rings (SSSR count). The summed E-state index contributed by atoms with van der Waals surface area (Å²) in [5, 5.41) is 2.85. The molecule has 0 saturated carbocycles. The van der Waals surface area contributed by atoms with E-state index < -0.39 is 0 Å². The molecule has 1 saturated heterocycles. The van der Waals surface area contributed by atoms with Crippen molar-refractivity contribution in [1.82, 2.24) is 4.90 Å². The van der Waals surface area contributed by atoms with Crippen molar-refractivity contribution in [2.75, 3.05) is 43.0 Å². The van der Waals surface area contributed by atoms with Crippen LogP contribution < -0.4 is 15.0 Å². The fraction of sp³-hybridized carbons (Fsp3) is 0.364. The minimum Gasteiger partial charge on any atom is -0.484 e. The summed E-state index contributed by atoms with van der Waals surface area (Å²) >= 11 is 0. The Kier molecular flexibility index (Phi) is 5.19. The highest BCUT2D eigenvalue weighted by molar-refractivity contribution is 5.94. The maximum absolute atomic E-state index is 12.5. The second-order valence-corrected chi connectivity index (χ2v) is 7.36. The molecule has 146 valence electrons. The van der Waals surface area contributed by atoms with E-state index in [1.54, 1.807) is 6.07 Å². The predicted octanol–water partition coefficient (Wildman–Crippen LogP) is 2.61. The van der Waals surface area contributed by atoms with Crippen LogP contribution >= 0.6 is 0 Å². The summed E-state index contributed by atoms with van der Waals surface area (Å²) in [6.07, 6.45) is 1.19. The van der Waals surface area contributed by atoms with E-state index in [0.717, 1.165) is 24.3 Å². The minimum atomic E-state index is 0.00887. The molecule has 0 aromatic heterocycles.